The minimum Gasteiger partial charge on any atom is -0.338 e. The van der Waals surface area contributed by atoms with Crippen molar-refractivity contribution in [1.29, 1.82) is 0 Å². The van der Waals surface area contributed by atoms with Crippen molar-refractivity contribution in [2.75, 3.05) is 13.0 Å². The smallest absolute Gasteiger partial charge is 0.253 e. The third-order valence-electron chi connectivity index (χ3n) is 4.37. The molecule has 144 valence electrons. The molecule has 1 aromatic carbocycles. The number of aromatic nitrogens is 2. The predicted molar refractivity (Wildman–Crippen MR) is 100 cm³/mol. The highest BCUT2D eigenvalue weighted by atomic mass is 35.5. The summed E-state index contributed by atoms with van der Waals surface area (Å²) in [5, 5.41) is -0.315. The van der Waals surface area contributed by atoms with Crippen molar-refractivity contribution in [3.05, 3.63) is 58.4 Å². The second-order valence-electron chi connectivity index (χ2n) is 6.57. The van der Waals surface area contributed by atoms with Crippen LogP contribution in [0.15, 0.2) is 30.6 Å². The van der Waals surface area contributed by atoms with E-state index < -0.39 is 30.3 Å². The number of alkyl halides is 1. The monoisotopic (exact) mass is 397 g/mol. The van der Waals surface area contributed by atoms with Crippen molar-refractivity contribution < 1.29 is 19.1 Å². The van der Waals surface area contributed by atoms with Crippen LogP contribution in [0, 0.1) is 12.7 Å². The van der Waals surface area contributed by atoms with Crippen molar-refractivity contribution >= 4 is 17.5 Å². The molecule has 27 heavy (non-hydrogen) atoms. The molecule has 0 spiro atoms. The van der Waals surface area contributed by atoms with E-state index in [-0.39, 0.29) is 36.4 Å². The van der Waals surface area contributed by atoms with Gasteiger partial charge in [0.1, 0.15) is 17.3 Å². The lowest BCUT2D eigenvalue weighted by Crippen LogP contribution is -2.44. The van der Waals surface area contributed by atoms with Crippen LogP contribution in [0.3, 0.4) is 0 Å². The molecule has 1 aliphatic rings. The van der Waals surface area contributed by atoms with Gasteiger partial charge in [-0.05, 0) is 56.3 Å². The maximum absolute atomic E-state index is 15.7. The Balaban J connectivity index is 1.76. The Kier molecular flexibility index (Phi) is 4.58. The molecule has 2 heterocycles. The Morgan fingerprint density at radius 3 is 2.85 bits per heavy atom. The highest BCUT2D eigenvalue weighted by Crippen LogP contribution is 2.32. The van der Waals surface area contributed by atoms with Crippen LogP contribution in [-0.2, 0) is 6.42 Å². The number of aryl methyl sites for hydroxylation is 2. The number of amides is 1. The van der Waals surface area contributed by atoms with Crippen molar-refractivity contribution in [2.45, 2.75) is 44.6 Å². The van der Waals surface area contributed by atoms with Gasteiger partial charge in [0.05, 0.1) is 5.02 Å². The molecular weight excluding hydrogens is 372 g/mol. The van der Waals surface area contributed by atoms with E-state index in [4.69, 9.17) is 17.1 Å². The summed E-state index contributed by atoms with van der Waals surface area (Å²) in [7, 11) is 0. The van der Waals surface area contributed by atoms with Crippen LogP contribution in [0.2, 0.25) is 5.02 Å². The molecule has 1 amide bonds. The summed E-state index contributed by atoms with van der Waals surface area (Å²) in [5.74, 6) is -1.13. The van der Waals surface area contributed by atoms with E-state index in [1.807, 2.05) is 6.92 Å². The average molecular weight is 398 g/mol. The molecule has 4 nitrogen and oxygen atoms in total. The minimum atomic E-state index is -2.98. The number of hydrogen-bond donors (Lipinski definition) is 0. The van der Waals surface area contributed by atoms with E-state index in [2.05, 4.69) is 9.97 Å². The Labute approximate surface area is 168 Å². The lowest BCUT2D eigenvalue weighted by Gasteiger charge is -2.36. The van der Waals surface area contributed by atoms with Gasteiger partial charge in [-0.1, -0.05) is 11.6 Å². The Hall–Kier alpha value is -2.08. The highest BCUT2D eigenvalue weighted by molar-refractivity contribution is 6.31. The van der Waals surface area contributed by atoms with E-state index in [1.54, 1.807) is 12.4 Å². The van der Waals surface area contributed by atoms with Crippen LogP contribution < -0.4 is 0 Å². The fraction of sp³-hybridized carbons (Fsp3) is 0.450. The molecule has 2 aromatic rings. The molecule has 0 aliphatic carbocycles. The van der Waals surface area contributed by atoms with Gasteiger partial charge in [-0.25, -0.2) is 18.7 Å². The number of carbonyl (C=O) groups is 1. The number of nitrogens with zero attached hydrogens (tertiary/aromatic N) is 3. The standard InChI is InChI=1S/C20H22ClF2N3O/c1-14-12-24-18(25-13-14)3-2-6-20(23)7-9-26(10-8-20)19(27)15-4-5-17(22)16(21)11-15/h4-5,11-13H,2-3,6-10H2,1H3/i7D2,9D2. The second-order valence-corrected chi connectivity index (χ2v) is 6.98. The second kappa shape index (κ2) is 8.30. The quantitative estimate of drug-likeness (QED) is 0.743. The van der Waals surface area contributed by atoms with Crippen LogP contribution in [-0.4, -0.2) is 39.5 Å². The Bertz CT molecular complexity index is 977. The fourth-order valence-electron chi connectivity index (χ4n) is 2.78. The van der Waals surface area contributed by atoms with Gasteiger partial charge in [-0.15, -0.1) is 0 Å². The first-order valence-electron chi connectivity index (χ1n) is 10.6. The van der Waals surface area contributed by atoms with Gasteiger partial charge in [0, 0.05) is 42.9 Å². The summed E-state index contributed by atoms with van der Waals surface area (Å²) in [5.41, 5.74) is -1.71. The van der Waals surface area contributed by atoms with E-state index in [0.29, 0.717) is 17.1 Å². The molecule has 1 aliphatic heterocycles. The van der Waals surface area contributed by atoms with E-state index >= 15 is 4.39 Å². The molecule has 0 N–H and O–H groups in total. The van der Waals surface area contributed by atoms with Crippen LogP contribution >= 0.6 is 11.6 Å². The van der Waals surface area contributed by atoms with Gasteiger partial charge in [-0.3, -0.25) is 4.79 Å². The van der Waals surface area contributed by atoms with Crippen LogP contribution in [0.1, 0.15) is 52.9 Å². The first kappa shape index (κ1) is 14.9. The van der Waals surface area contributed by atoms with Crippen LogP contribution in [0.25, 0.3) is 0 Å². The Morgan fingerprint density at radius 2 is 2.15 bits per heavy atom. The lowest BCUT2D eigenvalue weighted by atomic mass is 9.88. The molecule has 1 fully saturated rings. The highest BCUT2D eigenvalue weighted by Gasteiger charge is 2.35. The largest absolute Gasteiger partial charge is 0.338 e. The number of piperidine rings is 1. The van der Waals surface area contributed by atoms with Gasteiger partial charge in [0.15, 0.2) is 0 Å². The van der Waals surface area contributed by atoms with Crippen molar-refractivity contribution in [2.24, 2.45) is 0 Å². The summed E-state index contributed by atoms with van der Waals surface area (Å²) in [4.78, 5) is 21.7. The van der Waals surface area contributed by atoms with Gasteiger partial charge >= 0.3 is 0 Å². The maximum atomic E-state index is 15.7. The number of likely N-dealkylation sites (tertiary alicyclic amines) is 1. The molecule has 1 saturated heterocycles. The first-order valence-corrected chi connectivity index (χ1v) is 9.00. The van der Waals surface area contributed by atoms with E-state index in [0.717, 1.165) is 23.8 Å². The third-order valence-corrected chi connectivity index (χ3v) is 4.66. The predicted octanol–water partition coefficient (Wildman–Crippen LogP) is 4.54. The Morgan fingerprint density at radius 1 is 1.41 bits per heavy atom. The molecule has 3 rings (SSSR count). The summed E-state index contributed by atoms with van der Waals surface area (Å²) in [6.45, 7) is -1.43. The molecule has 0 bridgehead atoms. The number of carbonyl (C=O) groups excluding carboxylic acids is 1. The van der Waals surface area contributed by atoms with E-state index in [9.17, 15) is 9.18 Å². The maximum Gasteiger partial charge on any atom is 0.253 e. The minimum absolute atomic E-state index is 0.103. The molecule has 1 aromatic heterocycles. The van der Waals surface area contributed by atoms with Gasteiger partial charge in [-0.2, -0.15) is 0 Å². The zero-order valence-electron chi connectivity index (χ0n) is 18.8. The normalized spacial score (nSPS) is 25.9. The van der Waals surface area contributed by atoms with E-state index in [1.165, 1.54) is 0 Å². The fourth-order valence-corrected chi connectivity index (χ4v) is 2.96. The summed E-state index contributed by atoms with van der Waals surface area (Å²) < 4.78 is 62.2. The van der Waals surface area contributed by atoms with Gasteiger partial charge in [0.2, 0.25) is 0 Å². The molecule has 1 unspecified atom stereocenters. The van der Waals surface area contributed by atoms with Crippen LogP contribution in [0.4, 0.5) is 8.78 Å². The first-order chi connectivity index (χ1) is 14.4. The molecule has 1 atom stereocenters. The SMILES string of the molecule is [2H]C1([2H])N(C(=O)c2ccc(F)c(Cl)c2)CCC(F)(CCCc2ncc(C)cn2)C1([2H])[2H]. The number of halogens is 3. The number of rotatable bonds is 5. The van der Waals surface area contributed by atoms with Crippen molar-refractivity contribution in [1.82, 2.24) is 14.9 Å². The van der Waals surface area contributed by atoms with Gasteiger partial charge in [0.25, 0.3) is 5.91 Å². The zero-order valence-corrected chi connectivity index (χ0v) is 15.6. The summed E-state index contributed by atoms with van der Waals surface area (Å²) in [6, 6.07) is 3.15. The van der Waals surface area contributed by atoms with Crippen molar-refractivity contribution in [3.8, 4) is 0 Å². The third kappa shape index (κ3) is 5.01. The van der Waals surface area contributed by atoms with Crippen molar-refractivity contribution in [3.63, 3.8) is 0 Å². The van der Waals surface area contributed by atoms with Gasteiger partial charge < -0.3 is 4.90 Å². The molecule has 0 saturated carbocycles. The summed E-state index contributed by atoms with van der Waals surface area (Å²) >= 11 is 5.70. The zero-order chi connectivity index (χ0) is 23.0. The number of benzene rings is 1. The molecular formula is C20H22ClF2N3O. The topological polar surface area (TPSA) is 46.1 Å². The number of hydrogen-bond acceptors (Lipinski definition) is 3. The molecule has 7 heteroatoms. The average Bonchev–Trinajstić information content (AvgIpc) is 2.70. The lowest BCUT2D eigenvalue weighted by molar-refractivity contribution is 0.0389. The summed E-state index contributed by atoms with van der Waals surface area (Å²) in [6.07, 6.45) is 0.203. The molecule has 0 radical (unpaired) electrons. The van der Waals surface area contributed by atoms with Crippen LogP contribution in [0.5, 0.6) is 0 Å².